The van der Waals surface area contributed by atoms with E-state index in [0.29, 0.717) is 18.1 Å². The van der Waals surface area contributed by atoms with Gasteiger partial charge in [-0.3, -0.25) is 10.1 Å². The molecule has 0 saturated carbocycles. The van der Waals surface area contributed by atoms with Crippen LogP contribution in [0.4, 0.5) is 5.95 Å². The monoisotopic (exact) mass is 245 g/mol. The van der Waals surface area contributed by atoms with E-state index in [1.807, 2.05) is 6.92 Å². The normalized spacial score (nSPS) is 10.1. The minimum Gasteiger partial charge on any atom is -0.494 e. The first-order chi connectivity index (χ1) is 8.79. The molecule has 0 aliphatic heterocycles. The SMILES string of the molecule is CCCOc1ccc(C(=O)Nc2ncc[nH]2)cc1. The average molecular weight is 245 g/mol. The molecule has 2 rings (SSSR count). The standard InChI is InChI=1S/C13H15N3O2/c1-2-9-18-11-5-3-10(4-6-11)12(17)16-13-14-7-8-15-13/h3-8H,2,9H2,1H3,(H2,14,15,16,17). The predicted octanol–water partition coefficient (Wildman–Crippen LogP) is 2.45. The molecular formula is C13H15N3O2. The molecule has 0 bridgehead atoms. The second-order valence-corrected chi connectivity index (χ2v) is 3.76. The summed E-state index contributed by atoms with van der Waals surface area (Å²) < 4.78 is 5.45. The number of ether oxygens (including phenoxy) is 1. The summed E-state index contributed by atoms with van der Waals surface area (Å²) in [7, 11) is 0. The summed E-state index contributed by atoms with van der Waals surface area (Å²) in [6.45, 7) is 2.73. The summed E-state index contributed by atoms with van der Waals surface area (Å²) in [6, 6.07) is 7.02. The van der Waals surface area contributed by atoms with Crippen LogP contribution < -0.4 is 10.1 Å². The van der Waals surface area contributed by atoms with Crippen LogP contribution in [0, 0.1) is 0 Å². The molecule has 0 aliphatic carbocycles. The molecule has 0 aliphatic rings. The number of benzene rings is 1. The van der Waals surface area contributed by atoms with Gasteiger partial charge in [-0.05, 0) is 30.7 Å². The Morgan fingerprint density at radius 3 is 2.78 bits per heavy atom. The fourth-order valence-electron chi connectivity index (χ4n) is 1.44. The van der Waals surface area contributed by atoms with Gasteiger partial charge in [-0.25, -0.2) is 4.98 Å². The third kappa shape index (κ3) is 3.10. The maximum atomic E-state index is 11.8. The van der Waals surface area contributed by atoms with Crippen LogP contribution in [0.3, 0.4) is 0 Å². The highest BCUT2D eigenvalue weighted by Crippen LogP contribution is 2.13. The van der Waals surface area contributed by atoms with E-state index < -0.39 is 0 Å². The number of anilines is 1. The topological polar surface area (TPSA) is 67.0 Å². The Kier molecular flexibility index (Phi) is 3.96. The van der Waals surface area contributed by atoms with Crippen molar-refractivity contribution >= 4 is 11.9 Å². The van der Waals surface area contributed by atoms with Crippen LogP contribution >= 0.6 is 0 Å². The smallest absolute Gasteiger partial charge is 0.257 e. The molecule has 1 aromatic heterocycles. The second kappa shape index (κ2) is 5.86. The van der Waals surface area contributed by atoms with Gasteiger partial charge in [-0.15, -0.1) is 0 Å². The van der Waals surface area contributed by atoms with Crippen LogP contribution in [-0.2, 0) is 0 Å². The number of hydrogen-bond donors (Lipinski definition) is 2. The van der Waals surface area contributed by atoms with E-state index >= 15 is 0 Å². The number of nitrogens with one attached hydrogen (secondary N) is 2. The van der Waals surface area contributed by atoms with Gasteiger partial charge >= 0.3 is 0 Å². The molecule has 18 heavy (non-hydrogen) atoms. The van der Waals surface area contributed by atoms with E-state index in [9.17, 15) is 4.79 Å². The molecule has 0 spiro atoms. The van der Waals surface area contributed by atoms with Crippen molar-refractivity contribution in [3.05, 3.63) is 42.2 Å². The molecule has 5 nitrogen and oxygen atoms in total. The van der Waals surface area contributed by atoms with Crippen molar-refractivity contribution in [2.75, 3.05) is 11.9 Å². The Morgan fingerprint density at radius 2 is 2.17 bits per heavy atom. The van der Waals surface area contributed by atoms with E-state index in [2.05, 4.69) is 15.3 Å². The molecule has 1 amide bonds. The van der Waals surface area contributed by atoms with Crippen molar-refractivity contribution in [1.82, 2.24) is 9.97 Å². The van der Waals surface area contributed by atoms with E-state index in [-0.39, 0.29) is 5.91 Å². The first-order valence-electron chi connectivity index (χ1n) is 5.83. The molecule has 2 N–H and O–H groups in total. The third-order valence-corrected chi connectivity index (χ3v) is 2.32. The lowest BCUT2D eigenvalue weighted by molar-refractivity contribution is 0.102. The molecule has 0 saturated heterocycles. The minimum atomic E-state index is -0.202. The molecule has 0 fully saturated rings. The predicted molar refractivity (Wildman–Crippen MR) is 68.8 cm³/mol. The number of aromatic nitrogens is 2. The van der Waals surface area contributed by atoms with Crippen LogP contribution in [0.1, 0.15) is 23.7 Å². The first-order valence-corrected chi connectivity index (χ1v) is 5.83. The number of aromatic amines is 1. The Labute approximate surface area is 105 Å². The van der Waals surface area contributed by atoms with Gasteiger partial charge in [-0.1, -0.05) is 6.92 Å². The number of hydrogen-bond acceptors (Lipinski definition) is 3. The van der Waals surface area contributed by atoms with E-state index in [1.54, 1.807) is 36.7 Å². The molecule has 2 aromatic rings. The van der Waals surface area contributed by atoms with Gasteiger partial charge in [0.2, 0.25) is 5.95 Å². The Hall–Kier alpha value is -2.30. The van der Waals surface area contributed by atoms with E-state index in [0.717, 1.165) is 12.2 Å². The highest BCUT2D eigenvalue weighted by molar-refractivity contribution is 6.03. The molecule has 5 heteroatoms. The second-order valence-electron chi connectivity index (χ2n) is 3.76. The molecule has 0 unspecified atom stereocenters. The lowest BCUT2D eigenvalue weighted by Crippen LogP contribution is -2.12. The average Bonchev–Trinajstić information content (AvgIpc) is 2.89. The highest BCUT2D eigenvalue weighted by atomic mass is 16.5. The van der Waals surface area contributed by atoms with Crippen LogP contribution in [-0.4, -0.2) is 22.5 Å². The maximum Gasteiger partial charge on any atom is 0.257 e. The summed E-state index contributed by atoms with van der Waals surface area (Å²) in [5.74, 6) is 1.00. The van der Waals surface area contributed by atoms with E-state index in [1.165, 1.54) is 0 Å². The zero-order valence-corrected chi connectivity index (χ0v) is 10.1. The number of carbonyl (C=O) groups excluding carboxylic acids is 1. The largest absolute Gasteiger partial charge is 0.494 e. The molecule has 1 heterocycles. The van der Waals surface area contributed by atoms with Crippen molar-refractivity contribution in [2.45, 2.75) is 13.3 Å². The number of imidazole rings is 1. The first kappa shape index (κ1) is 12.2. The van der Waals surface area contributed by atoms with Gasteiger partial charge in [0, 0.05) is 18.0 Å². The summed E-state index contributed by atoms with van der Waals surface area (Å²) in [5.41, 5.74) is 0.565. The lowest BCUT2D eigenvalue weighted by atomic mass is 10.2. The maximum absolute atomic E-state index is 11.8. The van der Waals surface area contributed by atoms with Gasteiger partial charge in [-0.2, -0.15) is 0 Å². The number of amides is 1. The lowest BCUT2D eigenvalue weighted by Gasteiger charge is -2.05. The number of carbonyl (C=O) groups is 1. The zero-order valence-electron chi connectivity index (χ0n) is 10.1. The van der Waals surface area contributed by atoms with Crippen molar-refractivity contribution in [3.63, 3.8) is 0 Å². The van der Waals surface area contributed by atoms with Gasteiger partial charge in [0.1, 0.15) is 5.75 Å². The Bertz CT molecular complexity index is 491. The summed E-state index contributed by atoms with van der Waals surface area (Å²) >= 11 is 0. The van der Waals surface area contributed by atoms with E-state index in [4.69, 9.17) is 4.74 Å². The van der Waals surface area contributed by atoms with Gasteiger partial charge in [0.15, 0.2) is 0 Å². The van der Waals surface area contributed by atoms with Gasteiger partial charge in [0.25, 0.3) is 5.91 Å². The Morgan fingerprint density at radius 1 is 1.39 bits per heavy atom. The number of rotatable bonds is 5. The van der Waals surface area contributed by atoms with Crippen LogP contribution in [0.5, 0.6) is 5.75 Å². The fraction of sp³-hybridized carbons (Fsp3) is 0.231. The van der Waals surface area contributed by atoms with Crippen molar-refractivity contribution < 1.29 is 9.53 Å². The Balaban J connectivity index is 1.98. The van der Waals surface area contributed by atoms with Crippen molar-refractivity contribution in [3.8, 4) is 5.75 Å². The quantitative estimate of drug-likeness (QED) is 0.850. The molecular weight excluding hydrogens is 230 g/mol. The third-order valence-electron chi connectivity index (χ3n) is 2.32. The zero-order chi connectivity index (χ0) is 12.8. The molecule has 1 aromatic carbocycles. The fourth-order valence-corrected chi connectivity index (χ4v) is 1.44. The van der Waals surface area contributed by atoms with Crippen molar-refractivity contribution in [2.24, 2.45) is 0 Å². The number of nitrogens with zero attached hydrogens (tertiary/aromatic N) is 1. The number of H-pyrrole nitrogens is 1. The highest BCUT2D eigenvalue weighted by Gasteiger charge is 2.07. The summed E-state index contributed by atoms with van der Waals surface area (Å²) in [5, 5.41) is 2.65. The van der Waals surface area contributed by atoms with Gasteiger partial charge in [0.05, 0.1) is 6.61 Å². The summed E-state index contributed by atoms with van der Waals surface area (Å²) in [6.07, 6.45) is 4.19. The van der Waals surface area contributed by atoms with Crippen LogP contribution in [0.15, 0.2) is 36.7 Å². The molecule has 94 valence electrons. The van der Waals surface area contributed by atoms with Gasteiger partial charge < -0.3 is 9.72 Å². The minimum absolute atomic E-state index is 0.202. The molecule has 0 atom stereocenters. The molecule has 0 radical (unpaired) electrons. The van der Waals surface area contributed by atoms with Crippen LogP contribution in [0.2, 0.25) is 0 Å². The van der Waals surface area contributed by atoms with Crippen molar-refractivity contribution in [1.29, 1.82) is 0 Å². The van der Waals surface area contributed by atoms with Crippen LogP contribution in [0.25, 0.3) is 0 Å². The summed E-state index contributed by atoms with van der Waals surface area (Å²) in [4.78, 5) is 18.6.